The largest absolute Gasteiger partial charge is 0.334 e. The van der Waals surface area contributed by atoms with Crippen LogP contribution in [0.1, 0.15) is 31.4 Å². The van der Waals surface area contributed by atoms with Gasteiger partial charge in [-0.05, 0) is 23.0 Å². The number of nitrogens with zero attached hydrogens (tertiary/aromatic N) is 2. The molecule has 4 N–H and O–H groups in total. The quantitative estimate of drug-likeness (QED) is 0.759. The Bertz CT molecular complexity index is 595. The highest BCUT2D eigenvalue weighted by Crippen LogP contribution is 2.27. The molecule has 2 saturated heterocycles. The number of rotatable bonds is 4. The summed E-state index contributed by atoms with van der Waals surface area (Å²) in [5.41, 5.74) is 8.65. The van der Waals surface area contributed by atoms with E-state index in [0.29, 0.717) is 13.1 Å². The monoisotopic (exact) mass is 359 g/mol. The summed E-state index contributed by atoms with van der Waals surface area (Å²) in [4.78, 5) is 16.8. The zero-order chi connectivity index (χ0) is 18.6. The Kier molecular flexibility index (Phi) is 6.16. The van der Waals surface area contributed by atoms with Crippen molar-refractivity contribution in [3.05, 3.63) is 35.4 Å². The number of piperazine rings is 1. The predicted octanol–water partition coefficient (Wildman–Crippen LogP) is 1.36. The molecule has 0 spiro atoms. The highest BCUT2D eigenvalue weighted by atomic mass is 16.2. The number of urea groups is 1. The molecule has 6 heteroatoms. The van der Waals surface area contributed by atoms with Crippen LogP contribution < -0.4 is 16.4 Å². The highest BCUT2D eigenvalue weighted by molar-refractivity contribution is 5.74. The minimum Gasteiger partial charge on any atom is -0.334 e. The van der Waals surface area contributed by atoms with E-state index in [1.165, 1.54) is 5.56 Å². The van der Waals surface area contributed by atoms with Gasteiger partial charge < -0.3 is 21.3 Å². The first kappa shape index (κ1) is 19.1. The summed E-state index contributed by atoms with van der Waals surface area (Å²) in [6, 6.07) is 8.62. The topological polar surface area (TPSA) is 73.6 Å². The summed E-state index contributed by atoms with van der Waals surface area (Å²) < 4.78 is 0. The third-order valence-electron chi connectivity index (χ3n) is 5.26. The molecule has 1 aromatic carbocycles. The number of benzene rings is 1. The normalized spacial score (nSPS) is 23.7. The van der Waals surface area contributed by atoms with E-state index in [9.17, 15) is 4.79 Å². The molecule has 2 aliphatic heterocycles. The van der Waals surface area contributed by atoms with E-state index in [0.717, 1.165) is 51.3 Å². The van der Waals surface area contributed by atoms with Gasteiger partial charge in [-0.3, -0.25) is 4.90 Å². The maximum atomic E-state index is 12.5. The maximum Gasteiger partial charge on any atom is 0.317 e. The third kappa shape index (κ3) is 5.43. The van der Waals surface area contributed by atoms with E-state index in [1.54, 1.807) is 0 Å². The molecule has 2 amide bonds. The zero-order valence-electron chi connectivity index (χ0n) is 16.1. The molecular formula is C20H33N5O. The molecule has 0 aliphatic carbocycles. The minimum atomic E-state index is -0.0156. The van der Waals surface area contributed by atoms with Gasteiger partial charge in [0.15, 0.2) is 0 Å². The fourth-order valence-corrected chi connectivity index (χ4v) is 4.04. The van der Waals surface area contributed by atoms with Gasteiger partial charge >= 0.3 is 6.03 Å². The Morgan fingerprint density at radius 2 is 1.88 bits per heavy atom. The second-order valence-electron chi connectivity index (χ2n) is 8.51. The highest BCUT2D eigenvalue weighted by Gasteiger charge is 2.33. The molecule has 6 nitrogen and oxygen atoms in total. The van der Waals surface area contributed by atoms with Crippen molar-refractivity contribution in [2.24, 2.45) is 11.1 Å². The van der Waals surface area contributed by atoms with Gasteiger partial charge in [-0.2, -0.15) is 0 Å². The van der Waals surface area contributed by atoms with Gasteiger partial charge in [0.05, 0.1) is 0 Å². The Morgan fingerprint density at radius 3 is 2.54 bits per heavy atom. The summed E-state index contributed by atoms with van der Waals surface area (Å²) in [7, 11) is 0. The zero-order valence-corrected chi connectivity index (χ0v) is 16.1. The molecule has 144 valence electrons. The van der Waals surface area contributed by atoms with Crippen molar-refractivity contribution in [2.75, 3.05) is 39.3 Å². The van der Waals surface area contributed by atoms with Crippen LogP contribution in [0.25, 0.3) is 0 Å². The smallest absolute Gasteiger partial charge is 0.317 e. The van der Waals surface area contributed by atoms with Gasteiger partial charge in [0, 0.05) is 58.4 Å². The van der Waals surface area contributed by atoms with Crippen molar-refractivity contribution in [3.8, 4) is 0 Å². The first-order valence-electron chi connectivity index (χ1n) is 9.70. The van der Waals surface area contributed by atoms with Crippen LogP contribution in [0.3, 0.4) is 0 Å². The average Bonchev–Trinajstić information content (AvgIpc) is 2.60. The number of hydrogen-bond acceptors (Lipinski definition) is 4. The van der Waals surface area contributed by atoms with Crippen LogP contribution in [0.4, 0.5) is 4.79 Å². The van der Waals surface area contributed by atoms with E-state index in [2.05, 4.69) is 53.6 Å². The van der Waals surface area contributed by atoms with E-state index >= 15 is 0 Å². The van der Waals surface area contributed by atoms with Gasteiger partial charge in [0.1, 0.15) is 0 Å². The molecule has 1 atom stereocenters. The molecule has 0 bridgehead atoms. The van der Waals surface area contributed by atoms with Gasteiger partial charge in [-0.1, -0.05) is 38.1 Å². The standard InChI is InChI=1S/C20H33N5O/c1-20(2)11-18(21)14-25(15-20)19(26)23-12-16-3-5-17(6-4-16)13-24-9-7-22-8-10-24/h3-6,18,22H,7-15,21H2,1-2H3,(H,23,26). The van der Waals surface area contributed by atoms with E-state index in [1.807, 2.05) is 4.90 Å². The molecule has 26 heavy (non-hydrogen) atoms. The van der Waals surface area contributed by atoms with Crippen LogP contribution >= 0.6 is 0 Å². The molecule has 3 rings (SSSR count). The number of piperidine rings is 1. The average molecular weight is 360 g/mol. The fourth-order valence-electron chi connectivity index (χ4n) is 4.04. The lowest BCUT2D eigenvalue weighted by Crippen LogP contribution is -2.54. The van der Waals surface area contributed by atoms with Crippen molar-refractivity contribution in [2.45, 2.75) is 39.4 Å². The summed E-state index contributed by atoms with van der Waals surface area (Å²) in [6.45, 7) is 11.6. The Morgan fingerprint density at radius 1 is 1.23 bits per heavy atom. The van der Waals surface area contributed by atoms with E-state index in [4.69, 9.17) is 5.73 Å². The first-order valence-corrected chi connectivity index (χ1v) is 9.70. The summed E-state index contributed by atoms with van der Waals surface area (Å²) in [5, 5.41) is 6.42. The molecule has 2 heterocycles. The lowest BCUT2D eigenvalue weighted by atomic mass is 9.82. The van der Waals surface area contributed by atoms with Crippen molar-refractivity contribution in [1.29, 1.82) is 0 Å². The van der Waals surface area contributed by atoms with Crippen LogP contribution in [0.15, 0.2) is 24.3 Å². The van der Waals surface area contributed by atoms with Crippen molar-refractivity contribution >= 4 is 6.03 Å². The molecule has 0 aromatic heterocycles. The second-order valence-corrected chi connectivity index (χ2v) is 8.51. The van der Waals surface area contributed by atoms with Gasteiger partial charge in [-0.15, -0.1) is 0 Å². The summed E-state index contributed by atoms with van der Waals surface area (Å²) >= 11 is 0. The van der Waals surface area contributed by atoms with Gasteiger partial charge in [0.25, 0.3) is 0 Å². The maximum absolute atomic E-state index is 12.5. The van der Waals surface area contributed by atoms with Crippen molar-refractivity contribution in [1.82, 2.24) is 20.4 Å². The number of carbonyl (C=O) groups excluding carboxylic acids is 1. The molecule has 0 radical (unpaired) electrons. The van der Waals surface area contributed by atoms with Gasteiger partial charge in [0.2, 0.25) is 0 Å². The Labute approximate surface area is 157 Å². The SMILES string of the molecule is CC1(C)CC(N)CN(C(=O)NCc2ccc(CN3CCNCC3)cc2)C1. The summed E-state index contributed by atoms with van der Waals surface area (Å²) in [5.74, 6) is 0. The number of hydrogen-bond donors (Lipinski definition) is 3. The van der Waals surface area contributed by atoms with E-state index in [-0.39, 0.29) is 17.5 Å². The minimum absolute atomic E-state index is 0.0156. The Balaban J connectivity index is 1.47. The van der Waals surface area contributed by atoms with Gasteiger partial charge in [-0.25, -0.2) is 4.79 Å². The molecule has 0 saturated carbocycles. The third-order valence-corrected chi connectivity index (χ3v) is 5.26. The fraction of sp³-hybridized carbons (Fsp3) is 0.650. The second kappa shape index (κ2) is 8.37. The molecule has 1 unspecified atom stereocenters. The lowest BCUT2D eigenvalue weighted by Gasteiger charge is -2.41. The summed E-state index contributed by atoms with van der Waals surface area (Å²) in [6.07, 6.45) is 0.964. The number of nitrogens with one attached hydrogen (secondary N) is 2. The predicted molar refractivity (Wildman–Crippen MR) is 105 cm³/mol. The number of likely N-dealkylation sites (tertiary alicyclic amines) is 1. The molecule has 2 aliphatic rings. The van der Waals surface area contributed by atoms with Crippen molar-refractivity contribution in [3.63, 3.8) is 0 Å². The van der Waals surface area contributed by atoms with Crippen LogP contribution in [-0.4, -0.2) is 61.1 Å². The van der Waals surface area contributed by atoms with E-state index < -0.39 is 0 Å². The van der Waals surface area contributed by atoms with Crippen molar-refractivity contribution < 1.29 is 4.79 Å². The van der Waals surface area contributed by atoms with Crippen LogP contribution in [0, 0.1) is 5.41 Å². The number of nitrogens with two attached hydrogens (primary N) is 1. The Hall–Kier alpha value is -1.63. The molecular weight excluding hydrogens is 326 g/mol. The first-order chi connectivity index (χ1) is 12.4. The molecule has 2 fully saturated rings. The van der Waals surface area contributed by atoms with Crippen LogP contribution in [0.2, 0.25) is 0 Å². The lowest BCUT2D eigenvalue weighted by molar-refractivity contribution is 0.116. The number of carbonyl (C=O) groups is 1. The number of amides is 2. The van der Waals surface area contributed by atoms with Crippen LogP contribution in [-0.2, 0) is 13.1 Å². The molecule has 1 aromatic rings. The van der Waals surface area contributed by atoms with Crippen LogP contribution in [0.5, 0.6) is 0 Å².